The second kappa shape index (κ2) is 8.36. The number of hydrazine groups is 1. The van der Waals surface area contributed by atoms with E-state index in [4.69, 9.17) is 0 Å². The monoisotopic (exact) mass is 383 g/mol. The van der Waals surface area contributed by atoms with Crippen LogP contribution in [0, 0.1) is 18.3 Å². The molecule has 0 unspecified atom stereocenters. The number of carbonyl (C=O) groups is 1. The topological polar surface area (TPSA) is 47.3 Å². The van der Waals surface area contributed by atoms with Crippen molar-refractivity contribution in [1.29, 1.82) is 5.26 Å². The molecule has 4 heteroatoms. The number of rotatable bonds is 4. The zero-order chi connectivity index (χ0) is 20.2. The Morgan fingerprint density at radius 1 is 0.966 bits per heavy atom. The van der Waals surface area contributed by atoms with Gasteiger partial charge in [-0.05, 0) is 43.9 Å². The number of benzene rings is 3. The molecular weight excluding hydrogens is 358 g/mol. The Morgan fingerprint density at radius 3 is 2.45 bits per heavy atom. The van der Waals surface area contributed by atoms with Gasteiger partial charge in [-0.3, -0.25) is 14.8 Å². The van der Waals surface area contributed by atoms with Crippen molar-refractivity contribution in [3.8, 4) is 6.07 Å². The van der Waals surface area contributed by atoms with Crippen LogP contribution in [0.15, 0.2) is 60.7 Å². The molecule has 0 aromatic heterocycles. The summed E-state index contributed by atoms with van der Waals surface area (Å²) >= 11 is 0. The van der Waals surface area contributed by atoms with Gasteiger partial charge in [0.05, 0.1) is 17.3 Å². The number of hydrogen-bond acceptors (Lipinski definition) is 3. The molecule has 146 valence electrons. The first-order valence-corrected chi connectivity index (χ1v) is 10.2. The molecule has 1 aliphatic rings. The van der Waals surface area contributed by atoms with Crippen LogP contribution in [0.3, 0.4) is 0 Å². The fraction of sp³-hybridized carbons (Fsp3) is 0.280. The van der Waals surface area contributed by atoms with Crippen molar-refractivity contribution < 1.29 is 4.79 Å². The lowest BCUT2D eigenvalue weighted by molar-refractivity contribution is -0.132. The Balaban J connectivity index is 1.59. The van der Waals surface area contributed by atoms with E-state index < -0.39 is 0 Å². The molecule has 0 aliphatic carbocycles. The second-order valence-electron chi connectivity index (χ2n) is 7.62. The van der Waals surface area contributed by atoms with E-state index in [2.05, 4.69) is 42.3 Å². The summed E-state index contributed by atoms with van der Waals surface area (Å²) in [6.07, 6.45) is 3.31. The van der Waals surface area contributed by atoms with Crippen molar-refractivity contribution in [3.63, 3.8) is 0 Å². The summed E-state index contributed by atoms with van der Waals surface area (Å²) in [5.41, 5.74) is 4.09. The van der Waals surface area contributed by atoms with Gasteiger partial charge in [-0.15, -0.1) is 0 Å². The number of fused-ring (bicyclic) bond motifs is 1. The first-order chi connectivity index (χ1) is 14.2. The molecule has 3 aromatic rings. The molecule has 0 bridgehead atoms. The highest BCUT2D eigenvalue weighted by atomic mass is 16.2. The van der Waals surface area contributed by atoms with Gasteiger partial charge in [0.15, 0.2) is 0 Å². The predicted octanol–water partition coefficient (Wildman–Crippen LogP) is 5.00. The molecular formula is C25H25N3O. The van der Waals surface area contributed by atoms with Gasteiger partial charge in [-0.25, -0.2) is 0 Å². The van der Waals surface area contributed by atoms with Crippen LogP contribution in [0.2, 0.25) is 0 Å². The number of anilines is 1. The van der Waals surface area contributed by atoms with Crippen LogP contribution in [0.5, 0.6) is 0 Å². The highest BCUT2D eigenvalue weighted by Gasteiger charge is 2.26. The van der Waals surface area contributed by atoms with Crippen LogP contribution in [-0.4, -0.2) is 24.0 Å². The number of carbonyl (C=O) groups excluding carboxylic acids is 1. The van der Waals surface area contributed by atoms with E-state index in [-0.39, 0.29) is 5.91 Å². The predicted molar refractivity (Wildman–Crippen MR) is 116 cm³/mol. The Hall–Kier alpha value is -3.32. The van der Waals surface area contributed by atoms with Crippen molar-refractivity contribution in [1.82, 2.24) is 5.01 Å². The van der Waals surface area contributed by atoms with Crippen LogP contribution >= 0.6 is 0 Å². The minimum absolute atomic E-state index is 0.152. The summed E-state index contributed by atoms with van der Waals surface area (Å²) in [4.78, 5) is 13.1. The molecule has 0 atom stereocenters. The average Bonchev–Trinajstić information content (AvgIpc) is 2.78. The Kier molecular flexibility index (Phi) is 5.48. The quantitative estimate of drug-likeness (QED) is 0.637. The van der Waals surface area contributed by atoms with E-state index in [1.165, 1.54) is 11.1 Å². The first kappa shape index (κ1) is 19.0. The largest absolute Gasteiger partial charge is 0.282 e. The normalized spacial score (nSPS) is 14.1. The lowest BCUT2D eigenvalue weighted by Crippen LogP contribution is -2.50. The zero-order valence-corrected chi connectivity index (χ0v) is 16.8. The summed E-state index contributed by atoms with van der Waals surface area (Å²) < 4.78 is 0. The van der Waals surface area contributed by atoms with Gasteiger partial charge in [-0.1, -0.05) is 54.1 Å². The summed E-state index contributed by atoms with van der Waals surface area (Å²) in [6.45, 7) is 3.62. The molecule has 0 spiro atoms. The van der Waals surface area contributed by atoms with Crippen molar-refractivity contribution in [2.45, 2.75) is 32.6 Å². The molecule has 1 aliphatic heterocycles. The summed E-state index contributed by atoms with van der Waals surface area (Å²) in [5, 5.41) is 15.4. The Labute approximate surface area is 171 Å². The van der Waals surface area contributed by atoms with Gasteiger partial charge < -0.3 is 0 Å². The average molecular weight is 383 g/mol. The van der Waals surface area contributed by atoms with E-state index in [1.54, 1.807) is 0 Å². The third-order valence-corrected chi connectivity index (χ3v) is 5.62. The number of nitriles is 1. The highest BCUT2D eigenvalue weighted by molar-refractivity contribution is 5.98. The lowest BCUT2D eigenvalue weighted by Gasteiger charge is -2.41. The van der Waals surface area contributed by atoms with Gasteiger partial charge >= 0.3 is 0 Å². The number of nitrogens with zero attached hydrogens (tertiary/aromatic N) is 3. The minimum Gasteiger partial charge on any atom is -0.282 e. The van der Waals surface area contributed by atoms with E-state index in [0.717, 1.165) is 48.8 Å². The van der Waals surface area contributed by atoms with Gasteiger partial charge in [-0.2, -0.15) is 5.26 Å². The van der Waals surface area contributed by atoms with Crippen LogP contribution in [0.1, 0.15) is 36.0 Å². The van der Waals surface area contributed by atoms with Crippen molar-refractivity contribution in [2.75, 3.05) is 18.1 Å². The molecule has 1 fully saturated rings. The molecule has 1 amide bonds. The van der Waals surface area contributed by atoms with Crippen LogP contribution in [0.25, 0.3) is 10.8 Å². The Bertz CT molecular complexity index is 1070. The molecule has 0 N–H and O–H groups in total. The van der Waals surface area contributed by atoms with E-state index in [1.807, 2.05) is 41.4 Å². The van der Waals surface area contributed by atoms with Gasteiger partial charge in [0, 0.05) is 30.3 Å². The number of aryl methyl sites for hydroxylation is 2. The van der Waals surface area contributed by atoms with E-state index in [0.29, 0.717) is 12.0 Å². The second-order valence-corrected chi connectivity index (χ2v) is 7.62. The van der Waals surface area contributed by atoms with E-state index in [9.17, 15) is 10.1 Å². The van der Waals surface area contributed by atoms with Crippen LogP contribution in [0.4, 0.5) is 5.69 Å². The van der Waals surface area contributed by atoms with Crippen molar-refractivity contribution in [2.24, 2.45) is 0 Å². The fourth-order valence-electron chi connectivity index (χ4n) is 4.02. The SMILES string of the molecule is Cc1ccc(CCC(=O)N2CCCCN2c2ccc(C#N)c3ccccc23)cc1. The molecule has 4 rings (SSSR count). The number of amides is 1. The van der Waals surface area contributed by atoms with Gasteiger partial charge in [0.2, 0.25) is 5.91 Å². The Morgan fingerprint density at radius 2 is 1.69 bits per heavy atom. The van der Waals surface area contributed by atoms with Crippen molar-refractivity contribution in [3.05, 3.63) is 77.4 Å². The van der Waals surface area contributed by atoms with Crippen molar-refractivity contribution >= 4 is 22.4 Å². The third kappa shape index (κ3) is 3.95. The standard InChI is InChI=1S/C25H25N3O/c1-19-8-10-20(11-9-19)12-15-25(29)28-17-5-4-16-27(28)24-14-13-21(18-26)22-6-2-3-7-23(22)24/h2-3,6-11,13-14H,4-5,12,15-17H2,1H3. The summed E-state index contributed by atoms with van der Waals surface area (Å²) in [7, 11) is 0. The molecule has 0 radical (unpaired) electrons. The molecule has 29 heavy (non-hydrogen) atoms. The maximum Gasteiger partial charge on any atom is 0.241 e. The highest BCUT2D eigenvalue weighted by Crippen LogP contribution is 2.32. The fourth-order valence-corrected chi connectivity index (χ4v) is 4.02. The molecule has 4 nitrogen and oxygen atoms in total. The zero-order valence-electron chi connectivity index (χ0n) is 16.8. The molecule has 0 saturated carbocycles. The maximum atomic E-state index is 13.1. The molecule has 1 saturated heterocycles. The molecule has 1 heterocycles. The number of hydrogen-bond donors (Lipinski definition) is 0. The van der Waals surface area contributed by atoms with Crippen LogP contribution < -0.4 is 5.01 Å². The minimum atomic E-state index is 0.152. The first-order valence-electron chi connectivity index (χ1n) is 10.2. The smallest absolute Gasteiger partial charge is 0.241 e. The third-order valence-electron chi connectivity index (χ3n) is 5.62. The lowest BCUT2D eigenvalue weighted by atomic mass is 10.0. The summed E-state index contributed by atoms with van der Waals surface area (Å²) in [5.74, 6) is 0.152. The van der Waals surface area contributed by atoms with Gasteiger partial charge in [0.25, 0.3) is 0 Å². The van der Waals surface area contributed by atoms with E-state index >= 15 is 0 Å². The van der Waals surface area contributed by atoms with Gasteiger partial charge in [0.1, 0.15) is 0 Å². The molecule has 3 aromatic carbocycles. The van der Waals surface area contributed by atoms with Crippen LogP contribution in [-0.2, 0) is 11.2 Å². The summed E-state index contributed by atoms with van der Waals surface area (Å²) in [6, 6.07) is 22.5. The maximum absolute atomic E-state index is 13.1.